The van der Waals surface area contributed by atoms with Crippen molar-refractivity contribution in [2.45, 2.75) is 13.5 Å². The standard InChI is InChI=1S/C14H15BrN4O2/c1-9-5-6-17-7-13(9)21-8-10-11(15)3-2-4-12(10)18-14(20)19-16/h2-7H,8,16H2,1H3,(H2,18,19,20). The van der Waals surface area contributed by atoms with E-state index in [1.54, 1.807) is 18.5 Å². The second kappa shape index (κ2) is 7.05. The third-order valence-corrected chi connectivity index (χ3v) is 3.60. The fourth-order valence-corrected chi connectivity index (χ4v) is 2.21. The Labute approximate surface area is 130 Å². The molecule has 0 aliphatic carbocycles. The van der Waals surface area contributed by atoms with Crippen LogP contribution in [0.2, 0.25) is 0 Å². The van der Waals surface area contributed by atoms with Crippen molar-refractivity contribution in [2.75, 3.05) is 5.32 Å². The van der Waals surface area contributed by atoms with Crippen LogP contribution in [0.15, 0.2) is 41.1 Å². The van der Waals surface area contributed by atoms with Crippen molar-refractivity contribution < 1.29 is 9.53 Å². The largest absolute Gasteiger partial charge is 0.487 e. The number of hydrogen-bond donors (Lipinski definition) is 3. The normalized spacial score (nSPS) is 10.0. The summed E-state index contributed by atoms with van der Waals surface area (Å²) in [7, 11) is 0. The molecule has 0 aliphatic rings. The minimum Gasteiger partial charge on any atom is -0.487 e. The van der Waals surface area contributed by atoms with Crippen LogP contribution in [0.3, 0.4) is 0 Å². The average Bonchev–Trinajstić information content (AvgIpc) is 2.48. The fourth-order valence-electron chi connectivity index (χ4n) is 1.73. The van der Waals surface area contributed by atoms with Gasteiger partial charge in [0.2, 0.25) is 0 Å². The van der Waals surface area contributed by atoms with Gasteiger partial charge >= 0.3 is 6.03 Å². The number of urea groups is 1. The molecule has 7 heteroatoms. The van der Waals surface area contributed by atoms with Gasteiger partial charge < -0.3 is 10.1 Å². The summed E-state index contributed by atoms with van der Waals surface area (Å²) < 4.78 is 6.60. The molecule has 0 spiro atoms. The number of rotatable bonds is 4. The van der Waals surface area contributed by atoms with E-state index in [0.717, 1.165) is 15.6 Å². The Morgan fingerprint density at radius 2 is 2.24 bits per heavy atom. The van der Waals surface area contributed by atoms with Crippen LogP contribution in [0.4, 0.5) is 10.5 Å². The van der Waals surface area contributed by atoms with Gasteiger partial charge in [0.05, 0.1) is 11.9 Å². The van der Waals surface area contributed by atoms with E-state index < -0.39 is 6.03 Å². The number of aryl methyl sites for hydroxylation is 1. The lowest BCUT2D eigenvalue weighted by atomic mass is 10.2. The summed E-state index contributed by atoms with van der Waals surface area (Å²) in [6.45, 7) is 2.23. The molecular weight excluding hydrogens is 336 g/mol. The predicted molar refractivity (Wildman–Crippen MR) is 83.8 cm³/mol. The number of carbonyl (C=O) groups excluding carboxylic acids is 1. The van der Waals surface area contributed by atoms with E-state index in [9.17, 15) is 4.79 Å². The zero-order valence-corrected chi connectivity index (χ0v) is 13.0. The second-order valence-corrected chi connectivity index (χ2v) is 5.15. The Bertz CT molecular complexity index is 649. The summed E-state index contributed by atoms with van der Waals surface area (Å²) in [6.07, 6.45) is 3.37. The van der Waals surface area contributed by atoms with Gasteiger partial charge in [-0.2, -0.15) is 0 Å². The monoisotopic (exact) mass is 350 g/mol. The summed E-state index contributed by atoms with van der Waals surface area (Å²) in [4.78, 5) is 15.4. The number of nitrogens with one attached hydrogen (secondary N) is 2. The molecule has 0 unspecified atom stereocenters. The number of carbonyl (C=O) groups is 1. The number of hydrazine groups is 1. The molecule has 4 N–H and O–H groups in total. The van der Waals surface area contributed by atoms with Crippen LogP contribution in [0.1, 0.15) is 11.1 Å². The van der Waals surface area contributed by atoms with Crippen molar-refractivity contribution in [3.63, 3.8) is 0 Å². The van der Waals surface area contributed by atoms with Crippen LogP contribution >= 0.6 is 15.9 Å². The number of anilines is 1. The van der Waals surface area contributed by atoms with Crippen molar-refractivity contribution in [1.82, 2.24) is 10.4 Å². The van der Waals surface area contributed by atoms with Crippen molar-refractivity contribution >= 4 is 27.6 Å². The summed E-state index contributed by atoms with van der Waals surface area (Å²) in [5.74, 6) is 5.78. The molecule has 0 fully saturated rings. The minimum absolute atomic E-state index is 0.286. The first kappa shape index (κ1) is 15.3. The van der Waals surface area contributed by atoms with Gasteiger partial charge in [0.1, 0.15) is 12.4 Å². The number of nitrogens with zero attached hydrogens (tertiary/aromatic N) is 1. The molecule has 0 aliphatic heterocycles. The molecule has 1 aromatic heterocycles. The van der Waals surface area contributed by atoms with Crippen LogP contribution in [0.25, 0.3) is 0 Å². The fraction of sp³-hybridized carbons (Fsp3) is 0.143. The Kier molecular flexibility index (Phi) is 5.13. The minimum atomic E-state index is -0.494. The topological polar surface area (TPSA) is 89.3 Å². The number of hydrogen-bond acceptors (Lipinski definition) is 4. The van der Waals surface area contributed by atoms with Crippen molar-refractivity contribution in [3.05, 3.63) is 52.3 Å². The zero-order chi connectivity index (χ0) is 15.2. The van der Waals surface area contributed by atoms with Crippen LogP contribution < -0.4 is 21.3 Å². The van der Waals surface area contributed by atoms with E-state index in [4.69, 9.17) is 10.6 Å². The second-order valence-electron chi connectivity index (χ2n) is 4.29. The Balaban J connectivity index is 2.19. The highest BCUT2D eigenvalue weighted by Gasteiger charge is 2.10. The van der Waals surface area contributed by atoms with Gasteiger partial charge in [-0.25, -0.2) is 10.6 Å². The van der Waals surface area contributed by atoms with Crippen LogP contribution in [-0.2, 0) is 6.61 Å². The Hall–Kier alpha value is -2.12. The lowest BCUT2D eigenvalue weighted by Gasteiger charge is -2.14. The smallest absolute Gasteiger partial charge is 0.333 e. The SMILES string of the molecule is Cc1ccncc1OCc1c(Br)cccc1NC(=O)NN. The van der Waals surface area contributed by atoms with Crippen LogP contribution in [0, 0.1) is 6.92 Å². The molecule has 0 bridgehead atoms. The molecule has 0 atom stereocenters. The third kappa shape index (κ3) is 3.93. The number of aromatic nitrogens is 1. The highest BCUT2D eigenvalue weighted by molar-refractivity contribution is 9.10. The first-order valence-electron chi connectivity index (χ1n) is 6.20. The van der Waals surface area contributed by atoms with E-state index in [1.807, 2.05) is 30.5 Å². The number of benzene rings is 1. The maximum absolute atomic E-state index is 11.4. The van der Waals surface area contributed by atoms with E-state index >= 15 is 0 Å². The predicted octanol–water partition coefficient (Wildman–Crippen LogP) is 2.73. The third-order valence-electron chi connectivity index (χ3n) is 2.86. The van der Waals surface area contributed by atoms with Gasteiger partial charge in [-0.1, -0.05) is 22.0 Å². The molecular formula is C14H15BrN4O2. The number of ether oxygens (including phenoxy) is 1. The molecule has 2 rings (SSSR count). The lowest BCUT2D eigenvalue weighted by molar-refractivity contribution is 0.252. The van der Waals surface area contributed by atoms with Gasteiger partial charge in [-0.05, 0) is 30.7 Å². The summed E-state index contributed by atoms with van der Waals surface area (Å²) >= 11 is 3.45. The van der Waals surface area contributed by atoms with Gasteiger partial charge in [0.25, 0.3) is 0 Å². The Morgan fingerprint density at radius 3 is 2.95 bits per heavy atom. The van der Waals surface area contributed by atoms with Gasteiger partial charge in [-0.15, -0.1) is 0 Å². The number of halogens is 1. The molecule has 0 saturated carbocycles. The van der Waals surface area contributed by atoms with Crippen LogP contribution in [-0.4, -0.2) is 11.0 Å². The summed E-state index contributed by atoms with van der Waals surface area (Å²) in [6, 6.07) is 6.84. The van der Waals surface area contributed by atoms with Crippen molar-refractivity contribution in [3.8, 4) is 5.75 Å². The molecule has 1 heterocycles. The van der Waals surface area contributed by atoms with E-state index in [0.29, 0.717) is 11.4 Å². The molecule has 21 heavy (non-hydrogen) atoms. The van der Waals surface area contributed by atoms with E-state index in [2.05, 4.69) is 26.2 Å². The van der Waals surface area contributed by atoms with Gasteiger partial charge in [0, 0.05) is 16.2 Å². The first-order valence-corrected chi connectivity index (χ1v) is 6.99. The summed E-state index contributed by atoms with van der Waals surface area (Å²) in [5.41, 5.74) is 4.45. The first-order chi connectivity index (χ1) is 10.1. The maximum atomic E-state index is 11.4. The number of pyridine rings is 1. The molecule has 0 radical (unpaired) electrons. The average molecular weight is 351 g/mol. The van der Waals surface area contributed by atoms with Gasteiger partial charge in [0.15, 0.2) is 0 Å². The van der Waals surface area contributed by atoms with Crippen LogP contribution in [0.5, 0.6) is 5.75 Å². The molecule has 6 nitrogen and oxygen atoms in total. The van der Waals surface area contributed by atoms with Crippen molar-refractivity contribution in [2.24, 2.45) is 5.84 Å². The van der Waals surface area contributed by atoms with Gasteiger partial charge in [-0.3, -0.25) is 10.4 Å². The highest BCUT2D eigenvalue weighted by Crippen LogP contribution is 2.27. The van der Waals surface area contributed by atoms with E-state index in [1.165, 1.54) is 0 Å². The molecule has 0 saturated heterocycles. The number of amides is 2. The van der Waals surface area contributed by atoms with E-state index in [-0.39, 0.29) is 6.61 Å². The maximum Gasteiger partial charge on any atom is 0.333 e. The Morgan fingerprint density at radius 1 is 1.43 bits per heavy atom. The molecule has 2 amide bonds. The molecule has 1 aromatic carbocycles. The number of nitrogens with two attached hydrogens (primary N) is 1. The zero-order valence-electron chi connectivity index (χ0n) is 11.4. The highest BCUT2D eigenvalue weighted by atomic mass is 79.9. The molecule has 110 valence electrons. The summed E-state index contributed by atoms with van der Waals surface area (Å²) in [5, 5.41) is 2.65. The van der Waals surface area contributed by atoms with Crippen molar-refractivity contribution in [1.29, 1.82) is 0 Å². The lowest BCUT2D eigenvalue weighted by Crippen LogP contribution is -2.34. The molecule has 2 aromatic rings. The quantitative estimate of drug-likeness (QED) is 0.449.